The first-order valence-electron chi connectivity index (χ1n) is 6.96. The highest BCUT2D eigenvalue weighted by molar-refractivity contribution is 5.38. The van der Waals surface area contributed by atoms with Crippen LogP contribution < -0.4 is 10.1 Å². The molecule has 0 amide bonds. The van der Waals surface area contributed by atoms with Gasteiger partial charge in [0.1, 0.15) is 5.75 Å². The smallest absolute Gasteiger partial charge is 0.122 e. The molecule has 0 aliphatic rings. The Morgan fingerprint density at radius 3 is 2.58 bits per heavy atom. The Labute approximate surface area is 117 Å². The first-order valence-corrected chi connectivity index (χ1v) is 6.96. The fourth-order valence-corrected chi connectivity index (χ4v) is 1.93. The maximum atomic E-state index is 5.38. The Balaban J connectivity index is 2.42. The minimum absolute atomic E-state index is 0.202. The monoisotopic (exact) mass is 261 g/mol. The van der Waals surface area contributed by atoms with E-state index in [1.807, 2.05) is 6.07 Å². The molecular weight excluding hydrogens is 234 g/mol. The van der Waals surface area contributed by atoms with Crippen LogP contribution in [-0.4, -0.2) is 19.2 Å². The molecule has 0 aromatic heterocycles. The minimum atomic E-state index is 0.202. The van der Waals surface area contributed by atoms with Crippen LogP contribution in [0.4, 0.5) is 0 Å². The second-order valence-electron chi connectivity index (χ2n) is 5.96. The van der Waals surface area contributed by atoms with Gasteiger partial charge in [0.25, 0.3) is 0 Å². The summed E-state index contributed by atoms with van der Waals surface area (Å²) < 4.78 is 5.38. The van der Waals surface area contributed by atoms with E-state index in [-0.39, 0.29) is 5.54 Å². The molecule has 0 spiro atoms. The largest absolute Gasteiger partial charge is 0.496 e. The highest BCUT2D eigenvalue weighted by atomic mass is 16.5. The van der Waals surface area contributed by atoms with Crippen LogP contribution in [0, 0.1) is 6.92 Å². The van der Waals surface area contributed by atoms with Gasteiger partial charge in [-0.25, -0.2) is 0 Å². The van der Waals surface area contributed by atoms with Crippen molar-refractivity contribution in [3.63, 3.8) is 0 Å². The summed E-state index contributed by atoms with van der Waals surface area (Å²) in [6.45, 7) is 9.70. The summed E-state index contributed by atoms with van der Waals surface area (Å²) in [5, 5.41) is 3.48. The van der Waals surface area contributed by atoms with Gasteiger partial charge in [-0.2, -0.15) is 0 Å². The van der Waals surface area contributed by atoms with E-state index < -0.39 is 0 Å². The van der Waals surface area contributed by atoms with Crippen molar-refractivity contribution < 1.29 is 4.74 Å². The zero-order valence-corrected chi connectivity index (χ0v) is 12.9. The topological polar surface area (TPSA) is 21.3 Å². The van der Waals surface area contributed by atoms with E-state index in [1.165, 1.54) is 11.1 Å². The Bertz CT molecular complexity index is 416. The van der Waals surface area contributed by atoms with Gasteiger partial charge in [-0.15, -0.1) is 0 Å². The summed E-state index contributed by atoms with van der Waals surface area (Å²) in [7, 11) is 1.73. The number of allylic oxidation sites excluding steroid dienone is 1. The van der Waals surface area contributed by atoms with Crippen molar-refractivity contribution in [1.29, 1.82) is 0 Å². The van der Waals surface area contributed by atoms with E-state index in [4.69, 9.17) is 4.74 Å². The number of hydrogen-bond donors (Lipinski definition) is 1. The van der Waals surface area contributed by atoms with Gasteiger partial charge in [-0.05, 0) is 58.7 Å². The zero-order chi connectivity index (χ0) is 14.3. The van der Waals surface area contributed by atoms with Crippen LogP contribution in [0.15, 0.2) is 30.4 Å². The molecular formula is C17H27NO. The highest BCUT2D eigenvalue weighted by Crippen LogP contribution is 2.20. The van der Waals surface area contributed by atoms with Gasteiger partial charge in [0.2, 0.25) is 0 Å². The quantitative estimate of drug-likeness (QED) is 0.620. The SMILES string of the molecule is COc1ccc(C)cc1CC=CCCNC(C)(C)C. The standard InChI is InChI=1S/C17H27NO/c1-14-10-11-16(19-5)15(13-14)9-7-6-8-12-18-17(2,3)4/h6-7,10-11,13,18H,8-9,12H2,1-5H3. The van der Waals surface area contributed by atoms with Crippen LogP contribution in [0.1, 0.15) is 38.3 Å². The van der Waals surface area contributed by atoms with Gasteiger partial charge < -0.3 is 10.1 Å². The van der Waals surface area contributed by atoms with Gasteiger partial charge in [-0.3, -0.25) is 0 Å². The molecule has 0 bridgehead atoms. The lowest BCUT2D eigenvalue weighted by atomic mass is 10.1. The second-order valence-corrected chi connectivity index (χ2v) is 5.96. The molecule has 0 heterocycles. The Morgan fingerprint density at radius 1 is 1.21 bits per heavy atom. The molecule has 19 heavy (non-hydrogen) atoms. The average molecular weight is 261 g/mol. The zero-order valence-electron chi connectivity index (χ0n) is 12.9. The van der Waals surface area contributed by atoms with Crippen LogP contribution in [0.25, 0.3) is 0 Å². The minimum Gasteiger partial charge on any atom is -0.496 e. The molecule has 0 aliphatic heterocycles. The summed E-state index contributed by atoms with van der Waals surface area (Å²) in [6.07, 6.45) is 6.45. The summed E-state index contributed by atoms with van der Waals surface area (Å²) in [6, 6.07) is 6.32. The van der Waals surface area contributed by atoms with Gasteiger partial charge in [0, 0.05) is 5.54 Å². The van der Waals surface area contributed by atoms with E-state index >= 15 is 0 Å². The van der Waals surface area contributed by atoms with Crippen LogP contribution in [0.2, 0.25) is 0 Å². The highest BCUT2D eigenvalue weighted by Gasteiger charge is 2.06. The summed E-state index contributed by atoms with van der Waals surface area (Å²) in [5.41, 5.74) is 2.73. The summed E-state index contributed by atoms with van der Waals surface area (Å²) in [5.74, 6) is 0.975. The van der Waals surface area contributed by atoms with Gasteiger partial charge >= 0.3 is 0 Å². The normalized spacial score (nSPS) is 12.1. The fraction of sp³-hybridized carbons (Fsp3) is 0.529. The number of hydrogen-bond acceptors (Lipinski definition) is 2. The number of methoxy groups -OCH3 is 1. The molecule has 1 aromatic rings. The number of nitrogens with one attached hydrogen (secondary N) is 1. The molecule has 0 fully saturated rings. The van der Waals surface area contributed by atoms with Gasteiger partial charge in [0.05, 0.1) is 7.11 Å². The third-order valence-corrected chi connectivity index (χ3v) is 2.91. The third-order valence-electron chi connectivity index (χ3n) is 2.91. The molecule has 2 nitrogen and oxygen atoms in total. The van der Waals surface area contributed by atoms with Crippen molar-refractivity contribution in [2.75, 3.05) is 13.7 Å². The maximum Gasteiger partial charge on any atom is 0.122 e. The summed E-state index contributed by atoms with van der Waals surface area (Å²) >= 11 is 0. The molecule has 0 saturated carbocycles. The van der Waals surface area contributed by atoms with E-state index in [1.54, 1.807) is 7.11 Å². The molecule has 2 heteroatoms. The molecule has 0 radical (unpaired) electrons. The third kappa shape index (κ3) is 6.44. The van der Waals surface area contributed by atoms with Gasteiger partial charge in [-0.1, -0.05) is 29.8 Å². The molecule has 0 unspecified atom stereocenters. The lowest BCUT2D eigenvalue weighted by Gasteiger charge is -2.19. The summed E-state index contributed by atoms with van der Waals surface area (Å²) in [4.78, 5) is 0. The fourth-order valence-electron chi connectivity index (χ4n) is 1.93. The van der Waals surface area contributed by atoms with Crippen LogP contribution >= 0.6 is 0 Å². The molecule has 1 aromatic carbocycles. The molecule has 0 saturated heterocycles. The lowest BCUT2D eigenvalue weighted by molar-refractivity contribution is 0.410. The van der Waals surface area contributed by atoms with Crippen molar-refractivity contribution in [1.82, 2.24) is 5.32 Å². The second kappa shape index (κ2) is 7.34. The van der Waals surface area contributed by atoms with Crippen molar-refractivity contribution >= 4 is 0 Å². The number of aryl methyl sites for hydroxylation is 1. The molecule has 1 rings (SSSR count). The first-order chi connectivity index (χ1) is 8.92. The maximum absolute atomic E-state index is 5.38. The Kier molecular flexibility index (Phi) is 6.10. The lowest BCUT2D eigenvalue weighted by Crippen LogP contribution is -2.36. The Morgan fingerprint density at radius 2 is 1.95 bits per heavy atom. The number of rotatable bonds is 6. The predicted octanol–water partition coefficient (Wildman–Crippen LogP) is 3.88. The average Bonchev–Trinajstić information content (AvgIpc) is 2.32. The van der Waals surface area contributed by atoms with E-state index in [0.29, 0.717) is 0 Å². The number of benzene rings is 1. The van der Waals surface area contributed by atoms with Crippen LogP contribution in [0.3, 0.4) is 0 Å². The van der Waals surface area contributed by atoms with E-state index in [2.05, 4.69) is 57.3 Å². The first kappa shape index (κ1) is 15.8. The van der Waals surface area contributed by atoms with Crippen LogP contribution in [-0.2, 0) is 6.42 Å². The van der Waals surface area contributed by atoms with Crippen molar-refractivity contribution in [2.24, 2.45) is 0 Å². The van der Waals surface area contributed by atoms with Crippen LogP contribution in [0.5, 0.6) is 5.75 Å². The Hall–Kier alpha value is -1.28. The molecule has 106 valence electrons. The number of ether oxygens (including phenoxy) is 1. The van der Waals surface area contributed by atoms with Crippen molar-refractivity contribution in [2.45, 2.75) is 46.1 Å². The van der Waals surface area contributed by atoms with E-state index in [0.717, 1.165) is 25.1 Å². The van der Waals surface area contributed by atoms with E-state index in [9.17, 15) is 0 Å². The van der Waals surface area contributed by atoms with Gasteiger partial charge in [0.15, 0.2) is 0 Å². The molecule has 1 N–H and O–H groups in total. The molecule has 0 aliphatic carbocycles. The van der Waals surface area contributed by atoms with Crippen molar-refractivity contribution in [3.05, 3.63) is 41.5 Å². The van der Waals surface area contributed by atoms with Crippen molar-refractivity contribution in [3.8, 4) is 5.75 Å². The molecule has 0 atom stereocenters. The predicted molar refractivity (Wildman–Crippen MR) is 82.9 cm³/mol.